The zero-order valence-corrected chi connectivity index (χ0v) is 15.1. The zero-order chi connectivity index (χ0) is 17.7. The molecule has 5 nitrogen and oxygen atoms in total. The van der Waals surface area contributed by atoms with Crippen LogP contribution in [0, 0.1) is 17.8 Å². The first-order valence-corrected chi connectivity index (χ1v) is 8.73. The Kier molecular flexibility index (Phi) is 6.60. The van der Waals surface area contributed by atoms with Crippen LogP contribution in [0.1, 0.15) is 50.4 Å². The van der Waals surface area contributed by atoms with Crippen molar-refractivity contribution in [2.45, 2.75) is 46.1 Å². The molecule has 0 aliphatic heterocycles. The van der Waals surface area contributed by atoms with E-state index < -0.39 is 18.5 Å². The average molecular weight is 354 g/mol. The summed E-state index contributed by atoms with van der Waals surface area (Å²) >= 11 is 5.83. The lowest BCUT2D eigenvalue weighted by Gasteiger charge is -2.36. The van der Waals surface area contributed by atoms with Gasteiger partial charge in [-0.15, -0.1) is 0 Å². The highest BCUT2D eigenvalue weighted by molar-refractivity contribution is 6.32. The number of aromatic nitrogens is 1. The lowest BCUT2D eigenvalue weighted by molar-refractivity contribution is -0.159. The van der Waals surface area contributed by atoms with Crippen molar-refractivity contribution in [1.29, 1.82) is 0 Å². The number of halogens is 1. The van der Waals surface area contributed by atoms with Crippen molar-refractivity contribution in [3.05, 3.63) is 29.0 Å². The van der Waals surface area contributed by atoms with E-state index in [1.807, 2.05) is 0 Å². The SMILES string of the molecule is CC(C)[C@H]1CC[C@H](C)C[C@H]1OC(=O)COC(=O)c1cccnc1Cl. The highest BCUT2D eigenvalue weighted by atomic mass is 35.5. The van der Waals surface area contributed by atoms with E-state index in [1.54, 1.807) is 6.07 Å². The molecule has 1 aromatic rings. The summed E-state index contributed by atoms with van der Waals surface area (Å²) in [5, 5.41) is 0.0526. The van der Waals surface area contributed by atoms with Gasteiger partial charge in [-0.05, 0) is 42.7 Å². The second kappa shape index (κ2) is 8.47. The molecule has 1 aliphatic rings. The number of nitrogens with zero attached hydrogens (tertiary/aromatic N) is 1. The number of hydrogen-bond donors (Lipinski definition) is 0. The predicted octanol–water partition coefficient (Wildman–Crippen LogP) is 3.90. The van der Waals surface area contributed by atoms with E-state index >= 15 is 0 Å². The maximum absolute atomic E-state index is 12.1. The third-order valence-electron chi connectivity index (χ3n) is 4.54. The molecule has 132 valence electrons. The summed E-state index contributed by atoms with van der Waals surface area (Å²) in [6, 6.07) is 3.08. The second-order valence-corrected chi connectivity index (χ2v) is 7.13. The van der Waals surface area contributed by atoms with E-state index in [0.717, 1.165) is 19.3 Å². The molecule has 0 radical (unpaired) electrons. The van der Waals surface area contributed by atoms with Crippen LogP contribution in [0.4, 0.5) is 0 Å². The molecule has 1 heterocycles. The summed E-state index contributed by atoms with van der Waals surface area (Å²) < 4.78 is 10.6. The van der Waals surface area contributed by atoms with Gasteiger partial charge in [0.25, 0.3) is 0 Å². The number of esters is 2. The Balaban J connectivity index is 1.88. The summed E-state index contributed by atoms with van der Waals surface area (Å²) in [7, 11) is 0. The first kappa shape index (κ1) is 18.7. The minimum Gasteiger partial charge on any atom is -0.460 e. The van der Waals surface area contributed by atoms with Crippen molar-refractivity contribution in [2.75, 3.05) is 6.61 Å². The lowest BCUT2D eigenvalue weighted by Crippen LogP contribution is -2.36. The molecule has 1 aromatic heterocycles. The van der Waals surface area contributed by atoms with Crippen LogP contribution in [0.3, 0.4) is 0 Å². The highest BCUT2D eigenvalue weighted by Crippen LogP contribution is 2.35. The number of rotatable bonds is 5. The van der Waals surface area contributed by atoms with Crippen molar-refractivity contribution >= 4 is 23.5 Å². The second-order valence-electron chi connectivity index (χ2n) is 6.77. The van der Waals surface area contributed by atoms with E-state index in [0.29, 0.717) is 17.8 Å². The highest BCUT2D eigenvalue weighted by Gasteiger charge is 2.33. The van der Waals surface area contributed by atoms with Crippen LogP contribution in [-0.4, -0.2) is 29.6 Å². The minimum atomic E-state index is -0.678. The Morgan fingerprint density at radius 2 is 2.12 bits per heavy atom. The fraction of sp³-hybridized carbons (Fsp3) is 0.611. The van der Waals surface area contributed by atoms with Gasteiger partial charge < -0.3 is 9.47 Å². The molecule has 1 fully saturated rings. The maximum Gasteiger partial charge on any atom is 0.344 e. The minimum absolute atomic E-state index is 0.0526. The molecule has 3 atom stereocenters. The van der Waals surface area contributed by atoms with E-state index in [9.17, 15) is 9.59 Å². The van der Waals surface area contributed by atoms with Gasteiger partial charge in [0.1, 0.15) is 11.3 Å². The third-order valence-corrected chi connectivity index (χ3v) is 4.85. The lowest BCUT2D eigenvalue weighted by atomic mass is 9.75. The maximum atomic E-state index is 12.1. The number of pyridine rings is 1. The molecule has 1 aliphatic carbocycles. The summed E-state index contributed by atoms with van der Waals surface area (Å²) in [6.45, 7) is 6.04. The van der Waals surface area contributed by atoms with Crippen LogP contribution in [0.2, 0.25) is 5.15 Å². The first-order chi connectivity index (χ1) is 11.4. The molecule has 0 spiro atoms. The van der Waals surface area contributed by atoms with Crippen molar-refractivity contribution in [3.63, 3.8) is 0 Å². The zero-order valence-electron chi connectivity index (χ0n) is 14.3. The van der Waals surface area contributed by atoms with Gasteiger partial charge in [-0.3, -0.25) is 0 Å². The number of hydrogen-bond acceptors (Lipinski definition) is 5. The quantitative estimate of drug-likeness (QED) is 0.593. The van der Waals surface area contributed by atoms with Crippen LogP contribution in [-0.2, 0) is 14.3 Å². The Labute approximate surface area is 147 Å². The van der Waals surface area contributed by atoms with Gasteiger partial charge in [0.15, 0.2) is 6.61 Å². The fourth-order valence-electron chi connectivity index (χ4n) is 3.19. The van der Waals surface area contributed by atoms with Gasteiger partial charge in [0.2, 0.25) is 0 Å². The summed E-state index contributed by atoms with van der Waals surface area (Å²) in [6.07, 6.45) is 4.44. The fourth-order valence-corrected chi connectivity index (χ4v) is 3.39. The van der Waals surface area contributed by atoms with E-state index in [2.05, 4.69) is 25.8 Å². The van der Waals surface area contributed by atoms with Crippen molar-refractivity contribution in [3.8, 4) is 0 Å². The predicted molar refractivity (Wildman–Crippen MR) is 90.8 cm³/mol. The molecule has 1 saturated carbocycles. The van der Waals surface area contributed by atoms with Crippen molar-refractivity contribution in [2.24, 2.45) is 17.8 Å². The van der Waals surface area contributed by atoms with Crippen LogP contribution < -0.4 is 0 Å². The van der Waals surface area contributed by atoms with Gasteiger partial charge in [0, 0.05) is 6.20 Å². The van der Waals surface area contributed by atoms with Crippen LogP contribution in [0.5, 0.6) is 0 Å². The molecule has 0 unspecified atom stereocenters. The Hall–Kier alpha value is -1.62. The topological polar surface area (TPSA) is 65.5 Å². The molecule has 6 heteroatoms. The van der Waals surface area contributed by atoms with Crippen molar-refractivity contribution < 1.29 is 19.1 Å². The summed E-state index contributed by atoms with van der Waals surface area (Å²) in [5.74, 6) is 0.144. The molecule has 2 rings (SSSR count). The normalized spacial score (nSPS) is 23.8. The van der Waals surface area contributed by atoms with Gasteiger partial charge in [-0.25, -0.2) is 14.6 Å². The third kappa shape index (κ3) is 4.94. The molecule has 0 saturated heterocycles. The van der Waals surface area contributed by atoms with Gasteiger partial charge >= 0.3 is 11.9 Å². The van der Waals surface area contributed by atoms with Crippen LogP contribution in [0.25, 0.3) is 0 Å². The molecule has 0 amide bonds. The Bertz CT molecular complexity index is 590. The largest absolute Gasteiger partial charge is 0.460 e. The molecule has 0 N–H and O–H groups in total. The number of carbonyl (C=O) groups is 2. The Morgan fingerprint density at radius 1 is 1.38 bits per heavy atom. The van der Waals surface area contributed by atoms with Crippen LogP contribution in [0.15, 0.2) is 18.3 Å². The number of carbonyl (C=O) groups excluding carboxylic acids is 2. The molecule has 0 bridgehead atoms. The van der Waals surface area contributed by atoms with Crippen LogP contribution >= 0.6 is 11.6 Å². The van der Waals surface area contributed by atoms with E-state index in [-0.39, 0.29) is 16.8 Å². The molecular formula is C18H24ClNO4. The smallest absolute Gasteiger partial charge is 0.344 e. The summed E-state index contributed by atoms with van der Waals surface area (Å²) in [5.41, 5.74) is 0.137. The average Bonchev–Trinajstić information content (AvgIpc) is 2.53. The van der Waals surface area contributed by atoms with E-state index in [1.165, 1.54) is 12.3 Å². The Morgan fingerprint density at radius 3 is 2.79 bits per heavy atom. The standard InChI is InChI=1S/C18H24ClNO4/c1-11(2)13-7-6-12(3)9-15(13)24-16(21)10-23-18(22)14-5-4-8-20-17(14)19/h4-5,8,11-13,15H,6-7,9-10H2,1-3H3/t12-,13+,15+/m0/s1. The van der Waals surface area contributed by atoms with E-state index in [4.69, 9.17) is 21.1 Å². The van der Waals surface area contributed by atoms with Gasteiger partial charge in [-0.2, -0.15) is 0 Å². The van der Waals surface area contributed by atoms with Gasteiger partial charge in [0.05, 0.1) is 5.56 Å². The monoisotopic (exact) mass is 353 g/mol. The summed E-state index contributed by atoms with van der Waals surface area (Å²) in [4.78, 5) is 27.8. The van der Waals surface area contributed by atoms with Crippen molar-refractivity contribution in [1.82, 2.24) is 4.98 Å². The number of ether oxygens (including phenoxy) is 2. The van der Waals surface area contributed by atoms with Gasteiger partial charge in [-0.1, -0.05) is 38.8 Å². The molecule has 24 heavy (non-hydrogen) atoms. The molecular weight excluding hydrogens is 330 g/mol. The first-order valence-electron chi connectivity index (χ1n) is 8.35. The molecule has 0 aromatic carbocycles.